The van der Waals surface area contributed by atoms with E-state index in [1.165, 1.54) is 0 Å². The van der Waals surface area contributed by atoms with Crippen LogP contribution in [-0.2, 0) is 11.3 Å². The molecule has 1 amide bonds. The van der Waals surface area contributed by atoms with Crippen molar-refractivity contribution in [2.45, 2.75) is 39.7 Å². The molecule has 1 aromatic rings. The lowest BCUT2D eigenvalue weighted by atomic mass is 9.81. The maximum absolute atomic E-state index is 12.2. The molecule has 3 nitrogen and oxygen atoms in total. The lowest BCUT2D eigenvalue weighted by Crippen LogP contribution is -2.35. The number of nitrogens with two attached hydrogens (primary N) is 1. The van der Waals surface area contributed by atoms with Crippen molar-refractivity contribution in [3.05, 3.63) is 29.8 Å². The summed E-state index contributed by atoms with van der Waals surface area (Å²) in [5.41, 5.74) is 7.62. The van der Waals surface area contributed by atoms with E-state index in [0.717, 1.165) is 30.5 Å². The summed E-state index contributed by atoms with van der Waals surface area (Å²) in [5, 5.41) is 3.04. The van der Waals surface area contributed by atoms with Crippen molar-refractivity contribution >= 4 is 11.6 Å². The van der Waals surface area contributed by atoms with Crippen LogP contribution in [0.3, 0.4) is 0 Å². The Labute approximate surface area is 109 Å². The lowest BCUT2D eigenvalue weighted by molar-refractivity contribution is -0.127. The summed E-state index contributed by atoms with van der Waals surface area (Å²) >= 11 is 0. The monoisotopic (exact) mass is 246 g/mol. The molecule has 3 N–H and O–H groups in total. The normalized spacial score (nSPS) is 21.8. The van der Waals surface area contributed by atoms with Crippen LogP contribution in [0.2, 0.25) is 0 Å². The number of anilines is 1. The zero-order chi connectivity index (χ0) is 13.2. The van der Waals surface area contributed by atoms with E-state index in [4.69, 9.17) is 5.73 Å². The summed E-state index contributed by atoms with van der Waals surface area (Å²) in [6, 6.07) is 7.63. The SMILES string of the molecule is CC1(C)CCCC1C(=O)NCc1ccc(N)cc1. The highest BCUT2D eigenvalue weighted by Crippen LogP contribution is 2.42. The second kappa shape index (κ2) is 5.01. The van der Waals surface area contributed by atoms with Gasteiger partial charge in [-0.1, -0.05) is 32.4 Å². The third-order valence-corrected chi connectivity index (χ3v) is 4.02. The summed E-state index contributed by atoms with van der Waals surface area (Å²) in [5.74, 6) is 0.348. The molecule has 0 heterocycles. The predicted molar refractivity (Wildman–Crippen MR) is 73.8 cm³/mol. The van der Waals surface area contributed by atoms with E-state index in [1.807, 2.05) is 24.3 Å². The summed E-state index contributed by atoms with van der Waals surface area (Å²) in [6.45, 7) is 4.96. The molecule has 1 atom stereocenters. The van der Waals surface area contributed by atoms with Crippen LogP contribution in [-0.4, -0.2) is 5.91 Å². The molecule has 3 heteroatoms. The Hall–Kier alpha value is -1.51. The Bertz CT molecular complexity index is 423. The second-order valence-corrected chi connectivity index (χ2v) is 5.89. The Morgan fingerprint density at radius 3 is 2.61 bits per heavy atom. The van der Waals surface area contributed by atoms with Crippen LogP contribution in [0.1, 0.15) is 38.7 Å². The highest BCUT2D eigenvalue weighted by Gasteiger charge is 2.38. The molecule has 98 valence electrons. The maximum atomic E-state index is 12.2. The van der Waals surface area contributed by atoms with E-state index in [2.05, 4.69) is 19.2 Å². The van der Waals surface area contributed by atoms with Crippen molar-refractivity contribution in [1.82, 2.24) is 5.32 Å². The van der Waals surface area contributed by atoms with Crippen LogP contribution in [0, 0.1) is 11.3 Å². The van der Waals surface area contributed by atoms with Crippen LogP contribution in [0.4, 0.5) is 5.69 Å². The van der Waals surface area contributed by atoms with Crippen LogP contribution < -0.4 is 11.1 Å². The van der Waals surface area contributed by atoms with E-state index in [9.17, 15) is 4.79 Å². The third-order valence-electron chi connectivity index (χ3n) is 4.02. The van der Waals surface area contributed by atoms with Gasteiger partial charge < -0.3 is 11.1 Å². The minimum absolute atomic E-state index is 0.144. The fourth-order valence-electron chi connectivity index (χ4n) is 2.76. The van der Waals surface area contributed by atoms with Crippen LogP contribution in [0.15, 0.2) is 24.3 Å². The predicted octanol–water partition coefficient (Wildman–Crippen LogP) is 2.71. The van der Waals surface area contributed by atoms with Gasteiger partial charge in [0.25, 0.3) is 0 Å². The average molecular weight is 246 g/mol. The summed E-state index contributed by atoms with van der Waals surface area (Å²) in [6.07, 6.45) is 3.32. The fourth-order valence-corrected chi connectivity index (χ4v) is 2.76. The zero-order valence-corrected chi connectivity index (χ0v) is 11.2. The number of rotatable bonds is 3. The van der Waals surface area contributed by atoms with E-state index >= 15 is 0 Å². The molecular formula is C15H22N2O. The van der Waals surface area contributed by atoms with Gasteiger partial charge in [-0.2, -0.15) is 0 Å². The number of amides is 1. The third kappa shape index (κ3) is 2.84. The molecule has 1 unspecified atom stereocenters. The number of carbonyl (C=O) groups excluding carboxylic acids is 1. The minimum atomic E-state index is 0.144. The molecule has 18 heavy (non-hydrogen) atoms. The van der Waals surface area contributed by atoms with Crippen LogP contribution in [0.25, 0.3) is 0 Å². The smallest absolute Gasteiger partial charge is 0.223 e. The Balaban J connectivity index is 1.90. The lowest BCUT2D eigenvalue weighted by Gasteiger charge is -2.25. The first-order valence-corrected chi connectivity index (χ1v) is 6.61. The highest BCUT2D eigenvalue weighted by atomic mass is 16.1. The van der Waals surface area contributed by atoms with Gasteiger partial charge in [-0.25, -0.2) is 0 Å². The highest BCUT2D eigenvalue weighted by molar-refractivity contribution is 5.79. The number of nitrogens with one attached hydrogen (secondary N) is 1. The standard InChI is InChI=1S/C15H22N2O/c1-15(2)9-3-4-13(15)14(18)17-10-11-5-7-12(16)8-6-11/h5-8,13H,3-4,9-10,16H2,1-2H3,(H,17,18). The van der Waals surface area contributed by atoms with E-state index in [-0.39, 0.29) is 17.2 Å². The number of benzene rings is 1. The molecule has 0 saturated heterocycles. The van der Waals surface area contributed by atoms with Gasteiger partial charge in [-0.3, -0.25) is 4.79 Å². The number of carbonyl (C=O) groups is 1. The van der Waals surface area contributed by atoms with Gasteiger partial charge in [0.15, 0.2) is 0 Å². The molecule has 1 aromatic carbocycles. The summed E-state index contributed by atoms with van der Waals surface area (Å²) < 4.78 is 0. The average Bonchev–Trinajstić information content (AvgIpc) is 2.68. The maximum Gasteiger partial charge on any atom is 0.223 e. The zero-order valence-electron chi connectivity index (χ0n) is 11.2. The van der Waals surface area contributed by atoms with E-state index < -0.39 is 0 Å². The van der Waals surface area contributed by atoms with Gasteiger partial charge in [0.2, 0.25) is 5.91 Å². The summed E-state index contributed by atoms with van der Waals surface area (Å²) in [4.78, 5) is 12.2. The van der Waals surface area contributed by atoms with Crippen molar-refractivity contribution in [3.8, 4) is 0 Å². The molecule has 0 aromatic heterocycles. The number of hydrogen-bond acceptors (Lipinski definition) is 2. The fraction of sp³-hybridized carbons (Fsp3) is 0.533. The van der Waals surface area contributed by atoms with Crippen molar-refractivity contribution in [1.29, 1.82) is 0 Å². The largest absolute Gasteiger partial charge is 0.399 e. The van der Waals surface area contributed by atoms with Gasteiger partial charge in [0, 0.05) is 18.2 Å². The van der Waals surface area contributed by atoms with Gasteiger partial charge >= 0.3 is 0 Å². The first-order valence-electron chi connectivity index (χ1n) is 6.61. The first-order chi connectivity index (χ1) is 8.49. The minimum Gasteiger partial charge on any atom is -0.399 e. The molecule has 0 spiro atoms. The molecule has 0 bridgehead atoms. The molecule has 1 fully saturated rings. The molecular weight excluding hydrogens is 224 g/mol. The van der Waals surface area contributed by atoms with Gasteiger partial charge in [-0.15, -0.1) is 0 Å². The van der Waals surface area contributed by atoms with E-state index in [1.54, 1.807) is 0 Å². The van der Waals surface area contributed by atoms with Crippen molar-refractivity contribution < 1.29 is 4.79 Å². The molecule has 0 aliphatic heterocycles. The number of hydrogen-bond donors (Lipinski definition) is 2. The van der Waals surface area contributed by atoms with Crippen LogP contribution in [0.5, 0.6) is 0 Å². The second-order valence-electron chi connectivity index (χ2n) is 5.89. The van der Waals surface area contributed by atoms with Crippen LogP contribution >= 0.6 is 0 Å². The Morgan fingerprint density at radius 2 is 2.06 bits per heavy atom. The van der Waals surface area contributed by atoms with Crippen molar-refractivity contribution in [3.63, 3.8) is 0 Å². The summed E-state index contributed by atoms with van der Waals surface area (Å²) in [7, 11) is 0. The molecule has 0 radical (unpaired) electrons. The van der Waals surface area contributed by atoms with Gasteiger partial charge in [-0.05, 0) is 36.0 Å². The number of nitrogen functional groups attached to an aromatic ring is 1. The van der Waals surface area contributed by atoms with Gasteiger partial charge in [0.1, 0.15) is 0 Å². The molecule has 2 rings (SSSR count). The van der Waals surface area contributed by atoms with Crippen molar-refractivity contribution in [2.75, 3.05) is 5.73 Å². The van der Waals surface area contributed by atoms with Gasteiger partial charge in [0.05, 0.1) is 0 Å². The topological polar surface area (TPSA) is 55.1 Å². The molecule has 1 aliphatic carbocycles. The van der Waals surface area contributed by atoms with E-state index in [0.29, 0.717) is 6.54 Å². The Kier molecular flexibility index (Phi) is 3.60. The quantitative estimate of drug-likeness (QED) is 0.806. The Morgan fingerprint density at radius 1 is 1.39 bits per heavy atom. The molecule has 1 saturated carbocycles. The van der Waals surface area contributed by atoms with Crippen molar-refractivity contribution in [2.24, 2.45) is 11.3 Å². The first kappa shape index (κ1) is 12.9. The molecule has 1 aliphatic rings.